The molecule has 0 spiro atoms. The summed E-state index contributed by atoms with van der Waals surface area (Å²) in [4.78, 5) is 13.8. The Morgan fingerprint density at radius 3 is 2.20 bits per heavy atom. The highest BCUT2D eigenvalue weighted by Crippen LogP contribution is 2.37. The molecule has 1 N–H and O–H groups in total. The largest absolute Gasteiger partial charge is 0.574 e. The Kier molecular flexibility index (Phi) is 4.37. The van der Waals surface area contributed by atoms with E-state index in [1.807, 2.05) is 0 Å². The van der Waals surface area contributed by atoms with Crippen LogP contribution in [0.5, 0.6) is 5.88 Å². The van der Waals surface area contributed by atoms with Gasteiger partial charge in [-0.25, -0.2) is 9.78 Å². The molecule has 0 saturated carbocycles. The minimum Gasteiger partial charge on any atom is -0.477 e. The first kappa shape index (κ1) is 16.3. The average molecular weight is 324 g/mol. The van der Waals surface area contributed by atoms with E-state index < -0.39 is 47.1 Å². The molecule has 112 valence electrons. The summed E-state index contributed by atoms with van der Waals surface area (Å²) in [6.07, 6.45) is -10.6. The molecule has 0 bridgehead atoms. The van der Waals surface area contributed by atoms with Crippen LogP contribution in [0.25, 0.3) is 0 Å². The topological polar surface area (TPSA) is 59.4 Å². The van der Waals surface area contributed by atoms with Crippen LogP contribution in [0, 0.1) is 0 Å². The monoisotopic (exact) mass is 323 g/mol. The minimum atomic E-state index is -5.40. The molecule has 11 heteroatoms. The Morgan fingerprint density at radius 2 is 1.85 bits per heavy atom. The minimum absolute atomic E-state index is 0.250. The summed E-state index contributed by atoms with van der Waals surface area (Å²) in [7, 11) is 0. The number of rotatable bonds is 3. The first-order valence-corrected chi connectivity index (χ1v) is 5.15. The third-order valence-corrected chi connectivity index (χ3v) is 2.18. The highest BCUT2D eigenvalue weighted by atomic mass is 35.5. The van der Waals surface area contributed by atoms with E-state index in [-0.39, 0.29) is 6.07 Å². The number of pyridine rings is 1. The van der Waals surface area contributed by atoms with Gasteiger partial charge in [-0.15, -0.1) is 24.8 Å². The molecule has 0 aliphatic rings. The van der Waals surface area contributed by atoms with E-state index in [1.54, 1.807) is 0 Å². The van der Waals surface area contributed by atoms with Gasteiger partial charge in [-0.2, -0.15) is 13.2 Å². The van der Waals surface area contributed by atoms with Crippen LogP contribution in [0.3, 0.4) is 0 Å². The second-order valence-electron chi connectivity index (χ2n) is 3.33. The highest BCUT2D eigenvalue weighted by molar-refractivity contribution is 6.16. The van der Waals surface area contributed by atoms with Gasteiger partial charge in [-0.1, -0.05) is 0 Å². The maximum atomic E-state index is 12.7. The van der Waals surface area contributed by atoms with Gasteiger partial charge in [0.15, 0.2) is 0 Å². The Hall–Kier alpha value is -1.71. The summed E-state index contributed by atoms with van der Waals surface area (Å²) in [5, 5.41) is 8.65. The molecule has 0 unspecified atom stereocenters. The average Bonchev–Trinajstić information content (AvgIpc) is 2.23. The van der Waals surface area contributed by atoms with Gasteiger partial charge in [-0.3, -0.25) is 0 Å². The summed E-state index contributed by atoms with van der Waals surface area (Å²) in [6, 6.07) is 0.250. The van der Waals surface area contributed by atoms with Gasteiger partial charge in [0.1, 0.15) is 5.56 Å². The van der Waals surface area contributed by atoms with Gasteiger partial charge in [0.2, 0.25) is 5.88 Å². The summed E-state index contributed by atoms with van der Waals surface area (Å²) in [5.41, 5.74) is -4.16. The highest BCUT2D eigenvalue weighted by Gasteiger charge is 2.41. The van der Waals surface area contributed by atoms with Crippen molar-refractivity contribution in [1.29, 1.82) is 0 Å². The van der Waals surface area contributed by atoms with E-state index in [0.717, 1.165) is 0 Å². The normalized spacial score (nSPS) is 12.3. The van der Waals surface area contributed by atoms with Crippen LogP contribution in [-0.2, 0) is 12.1 Å². The van der Waals surface area contributed by atoms with Gasteiger partial charge in [0.05, 0.1) is 17.1 Å². The van der Waals surface area contributed by atoms with Crippen molar-refractivity contribution >= 4 is 17.6 Å². The molecule has 0 aliphatic carbocycles. The second kappa shape index (κ2) is 5.35. The van der Waals surface area contributed by atoms with Gasteiger partial charge in [0, 0.05) is 0 Å². The molecular weight excluding hydrogens is 320 g/mol. The Labute approximate surface area is 111 Å². The van der Waals surface area contributed by atoms with Crippen molar-refractivity contribution in [3.05, 3.63) is 22.9 Å². The molecule has 4 nitrogen and oxygen atoms in total. The van der Waals surface area contributed by atoms with Crippen LogP contribution in [0.1, 0.15) is 21.6 Å². The van der Waals surface area contributed by atoms with E-state index >= 15 is 0 Å². The maximum Gasteiger partial charge on any atom is 0.574 e. The summed E-state index contributed by atoms with van der Waals surface area (Å²) in [6.45, 7) is 0. The molecule has 0 fully saturated rings. The fourth-order valence-electron chi connectivity index (χ4n) is 1.25. The van der Waals surface area contributed by atoms with Crippen molar-refractivity contribution in [2.24, 2.45) is 0 Å². The maximum absolute atomic E-state index is 12.7. The molecule has 1 aromatic rings. The number of carbonyl (C=O) groups is 1. The van der Waals surface area contributed by atoms with Gasteiger partial charge in [-0.05, 0) is 6.07 Å². The number of aromatic carboxylic acids is 1. The lowest BCUT2D eigenvalue weighted by atomic mass is 10.1. The number of alkyl halides is 7. The summed E-state index contributed by atoms with van der Waals surface area (Å²) < 4.78 is 77.5. The van der Waals surface area contributed by atoms with Crippen LogP contribution in [-0.4, -0.2) is 22.4 Å². The summed E-state index contributed by atoms with van der Waals surface area (Å²) >= 11 is 5.21. The number of hydrogen-bond donors (Lipinski definition) is 1. The van der Waals surface area contributed by atoms with E-state index in [4.69, 9.17) is 16.7 Å². The van der Waals surface area contributed by atoms with Crippen molar-refractivity contribution in [3.63, 3.8) is 0 Å². The Morgan fingerprint density at radius 1 is 1.30 bits per heavy atom. The van der Waals surface area contributed by atoms with Crippen LogP contribution < -0.4 is 4.74 Å². The Bertz CT molecular complexity index is 528. The standard InChI is InChI=1S/C9H4ClF6NO3/c10-2-3-1-4(8(11,12)13)5(7(18)19)6(17-3)20-9(14,15)16/h1H,2H2,(H,18,19). The van der Waals surface area contributed by atoms with Gasteiger partial charge >= 0.3 is 18.5 Å². The van der Waals surface area contributed by atoms with E-state index in [1.165, 1.54) is 0 Å². The molecule has 0 atom stereocenters. The number of halogens is 7. The molecule has 0 amide bonds. The molecule has 1 aromatic heterocycles. The van der Waals surface area contributed by atoms with Crippen LogP contribution in [0.4, 0.5) is 26.3 Å². The zero-order valence-corrected chi connectivity index (χ0v) is 9.90. The van der Waals surface area contributed by atoms with Crippen molar-refractivity contribution in [1.82, 2.24) is 4.98 Å². The molecule has 1 heterocycles. The SMILES string of the molecule is O=C(O)c1c(C(F)(F)F)cc(CCl)nc1OC(F)(F)F. The predicted molar refractivity (Wildman–Crippen MR) is 52.4 cm³/mol. The first-order chi connectivity index (χ1) is 8.95. The third-order valence-electron chi connectivity index (χ3n) is 1.91. The first-order valence-electron chi connectivity index (χ1n) is 4.62. The van der Waals surface area contributed by atoms with E-state index in [0.29, 0.717) is 0 Å². The fraction of sp³-hybridized carbons (Fsp3) is 0.333. The van der Waals surface area contributed by atoms with Crippen molar-refractivity contribution < 1.29 is 41.0 Å². The molecule has 0 aromatic carbocycles. The smallest absolute Gasteiger partial charge is 0.477 e. The zero-order chi connectivity index (χ0) is 15.7. The molecule has 20 heavy (non-hydrogen) atoms. The van der Waals surface area contributed by atoms with Crippen molar-refractivity contribution in [2.75, 3.05) is 0 Å². The number of aromatic nitrogens is 1. The molecule has 0 saturated heterocycles. The Balaban J connectivity index is 3.59. The molecule has 1 rings (SSSR count). The van der Waals surface area contributed by atoms with E-state index in [2.05, 4.69) is 9.72 Å². The predicted octanol–water partition coefficient (Wildman–Crippen LogP) is 3.44. The van der Waals surface area contributed by atoms with Crippen LogP contribution in [0.15, 0.2) is 6.07 Å². The number of ether oxygens (including phenoxy) is 1. The number of carboxylic acid groups (broad SMARTS) is 1. The lowest BCUT2D eigenvalue weighted by Crippen LogP contribution is -2.23. The quantitative estimate of drug-likeness (QED) is 0.684. The summed E-state index contributed by atoms with van der Waals surface area (Å²) in [5.74, 6) is -4.63. The lowest BCUT2D eigenvalue weighted by Gasteiger charge is -2.16. The number of carboxylic acids is 1. The van der Waals surface area contributed by atoms with Gasteiger partial charge in [0.25, 0.3) is 0 Å². The van der Waals surface area contributed by atoms with E-state index in [9.17, 15) is 31.1 Å². The number of nitrogens with zero attached hydrogens (tertiary/aromatic N) is 1. The van der Waals surface area contributed by atoms with Crippen LogP contribution >= 0.6 is 11.6 Å². The lowest BCUT2D eigenvalue weighted by molar-refractivity contribution is -0.276. The molecule has 0 radical (unpaired) electrons. The molecule has 0 aliphatic heterocycles. The number of hydrogen-bond acceptors (Lipinski definition) is 3. The fourth-order valence-corrected chi connectivity index (χ4v) is 1.39. The third kappa shape index (κ3) is 3.89. The van der Waals surface area contributed by atoms with Gasteiger partial charge < -0.3 is 9.84 Å². The van der Waals surface area contributed by atoms with Crippen molar-refractivity contribution in [3.8, 4) is 5.88 Å². The van der Waals surface area contributed by atoms with Crippen LogP contribution in [0.2, 0.25) is 0 Å². The molecular formula is C9H4ClF6NO3. The second-order valence-corrected chi connectivity index (χ2v) is 3.59. The zero-order valence-electron chi connectivity index (χ0n) is 9.14. The van der Waals surface area contributed by atoms with Crippen molar-refractivity contribution in [2.45, 2.75) is 18.4 Å².